The van der Waals surface area contributed by atoms with Gasteiger partial charge in [0.2, 0.25) is 23.6 Å². The number of nitrogen functional groups attached to an aromatic ring is 1. The molecule has 1 aliphatic carbocycles. The van der Waals surface area contributed by atoms with Crippen LogP contribution >= 0.6 is 0 Å². The molecule has 1 fully saturated rings. The van der Waals surface area contributed by atoms with E-state index in [1.807, 2.05) is 30.3 Å². The maximum Gasteiger partial charge on any atom is 0.255 e. The van der Waals surface area contributed by atoms with E-state index in [1.54, 1.807) is 49.4 Å². The summed E-state index contributed by atoms with van der Waals surface area (Å²) in [5.41, 5.74) is 28.0. The minimum absolute atomic E-state index is 0.00401. The van der Waals surface area contributed by atoms with Crippen LogP contribution in [-0.4, -0.2) is 110 Å². The molecular formula is C50H63N11O8. The number of carbonyl (C=O) groups is 5. The second kappa shape index (κ2) is 24.1. The number of hydrogen-bond acceptors (Lipinski definition) is 14. The zero-order valence-electron chi connectivity index (χ0n) is 39.3. The van der Waals surface area contributed by atoms with Gasteiger partial charge in [-0.2, -0.15) is 5.26 Å². The van der Waals surface area contributed by atoms with Gasteiger partial charge in [-0.3, -0.25) is 29.0 Å². The van der Waals surface area contributed by atoms with Crippen LogP contribution in [0.5, 0.6) is 17.2 Å². The van der Waals surface area contributed by atoms with Crippen LogP contribution in [0.4, 0.5) is 5.69 Å². The third-order valence-electron chi connectivity index (χ3n) is 12.1. The number of nitrogens with zero attached hydrogens (tertiary/aromatic N) is 3. The number of carbonyl (C=O) groups excluding carboxylic acids is 5. The van der Waals surface area contributed by atoms with Gasteiger partial charge in [0.05, 0.1) is 29.1 Å². The Bertz CT molecular complexity index is 2500. The summed E-state index contributed by atoms with van der Waals surface area (Å²) < 4.78 is 18.4. The summed E-state index contributed by atoms with van der Waals surface area (Å²) in [4.78, 5) is 76.5. The van der Waals surface area contributed by atoms with Crippen molar-refractivity contribution < 1.29 is 38.2 Å². The third-order valence-corrected chi connectivity index (χ3v) is 12.1. The largest absolute Gasteiger partial charge is 0.492 e. The van der Waals surface area contributed by atoms with Crippen LogP contribution in [0.25, 0.3) is 22.4 Å². The van der Waals surface area contributed by atoms with Crippen molar-refractivity contribution in [3.63, 3.8) is 0 Å². The first-order chi connectivity index (χ1) is 33.3. The minimum Gasteiger partial charge on any atom is -0.492 e. The molecule has 4 aromatic rings. The molecule has 19 nitrogen and oxygen atoms in total. The maximum absolute atomic E-state index is 14.8. The monoisotopic (exact) mass is 945 g/mol. The number of benzene rings is 3. The molecule has 0 radical (unpaired) electrons. The van der Waals surface area contributed by atoms with Gasteiger partial charge >= 0.3 is 0 Å². The van der Waals surface area contributed by atoms with E-state index in [-0.39, 0.29) is 69.6 Å². The zero-order chi connectivity index (χ0) is 49.6. The molecule has 1 saturated carbocycles. The van der Waals surface area contributed by atoms with Crippen LogP contribution in [-0.2, 0) is 25.6 Å². The molecule has 69 heavy (non-hydrogen) atoms. The molecule has 2 heterocycles. The number of nitriles is 1. The van der Waals surface area contributed by atoms with E-state index in [2.05, 4.69) is 21.3 Å². The first kappa shape index (κ1) is 51.1. The number of amides is 5. The number of rotatable bonds is 17. The molecule has 3 aromatic carbocycles. The van der Waals surface area contributed by atoms with Gasteiger partial charge in [0.15, 0.2) is 0 Å². The predicted octanol–water partition coefficient (Wildman–Crippen LogP) is 2.53. The number of aryl methyl sites for hydroxylation is 1. The molecule has 1 aromatic heterocycles. The number of pyridine rings is 1. The maximum atomic E-state index is 14.8. The average molecular weight is 946 g/mol. The number of aromatic nitrogens is 1. The average Bonchev–Trinajstić information content (AvgIpc) is 3.34. The van der Waals surface area contributed by atoms with Crippen molar-refractivity contribution in [3.05, 3.63) is 89.1 Å². The number of nitrogens with two attached hydrogens (primary N) is 4. The fraction of sp³-hybridized carbons (Fsp3) is 0.420. The van der Waals surface area contributed by atoms with Gasteiger partial charge in [-0.05, 0) is 118 Å². The van der Waals surface area contributed by atoms with E-state index in [0.29, 0.717) is 45.1 Å². The number of hydrogen-bond donors (Lipinski definition) is 8. The van der Waals surface area contributed by atoms with Crippen molar-refractivity contribution >= 4 is 35.2 Å². The standard InChI is InChI=1S/C50H63N11O8/c1-29-44(38(55)28-40(57-29)32-10-13-35(14-11-32)69-34-7-5-4-6-8-34)48(64)59-39(17-18-51)50(66)61(3)45-33-12-16-43(68-24-21-54)37(27-33)36-25-31(9-15-42(36)67-23-20-53)26-41(47(63)56-22-19-52)60-46(62)30(2)58-49(45)65/h9-16,25,27-28,30,34,39,41,45H,4-8,17-18,20-24,26,51,53-54H2,1-3H3,(H2,55,57)(H,56,63)(H,58,65)(H,59,64)(H,60,62)/t30-,39?,41-,45-/m0/s1. The normalized spacial score (nSPS) is 17.7. The lowest BCUT2D eigenvalue weighted by atomic mass is 9.93. The molecule has 2 aliphatic rings. The molecule has 12 N–H and O–H groups in total. The first-order valence-corrected chi connectivity index (χ1v) is 23.3. The Labute approximate surface area is 402 Å². The molecule has 5 amide bonds. The van der Waals surface area contributed by atoms with Crippen LogP contribution in [0.15, 0.2) is 66.7 Å². The quantitative estimate of drug-likeness (QED) is 0.0706. The SMILES string of the molecule is Cc1nc(-c2ccc(OC3CCCCC3)cc2)cc(N)c1C(=O)NC(CCN)C(=O)N(C)[C@@H]1C(=O)N[C@@H](C)C(=O)N[C@H](C(=O)NCC#N)Cc2ccc(OCCN)c(c2)-c2cc1ccc2OCCN. The van der Waals surface area contributed by atoms with Crippen molar-refractivity contribution in [2.45, 2.75) is 89.1 Å². The number of ether oxygens (including phenoxy) is 3. The lowest BCUT2D eigenvalue weighted by Crippen LogP contribution is -2.56. The summed E-state index contributed by atoms with van der Waals surface area (Å²) in [6.07, 6.45) is 5.78. The van der Waals surface area contributed by atoms with Crippen molar-refractivity contribution in [1.29, 1.82) is 5.26 Å². The highest BCUT2D eigenvalue weighted by molar-refractivity contribution is 6.03. The summed E-state index contributed by atoms with van der Waals surface area (Å²) in [6.45, 7) is 3.40. The molecule has 19 heteroatoms. The topological polar surface area (TPSA) is 305 Å². The van der Waals surface area contributed by atoms with Crippen molar-refractivity contribution in [2.75, 3.05) is 52.2 Å². The lowest BCUT2D eigenvalue weighted by molar-refractivity contribution is -0.141. The number of fused-ring (bicyclic) bond motifs is 5. The van der Waals surface area contributed by atoms with Crippen LogP contribution in [0.3, 0.4) is 0 Å². The van der Waals surface area contributed by atoms with E-state index in [4.69, 9.17) is 42.1 Å². The highest BCUT2D eigenvalue weighted by Gasteiger charge is 2.36. The Morgan fingerprint density at radius 1 is 0.884 bits per heavy atom. The second-order valence-corrected chi connectivity index (χ2v) is 17.1. The molecule has 0 saturated heterocycles. The van der Waals surface area contributed by atoms with Gasteiger partial charge in [-0.15, -0.1) is 0 Å². The number of nitrogens with one attached hydrogen (secondary N) is 4. The first-order valence-electron chi connectivity index (χ1n) is 23.3. The van der Waals surface area contributed by atoms with E-state index in [0.717, 1.165) is 37.0 Å². The minimum atomic E-state index is -1.42. The van der Waals surface area contributed by atoms with E-state index in [9.17, 15) is 29.2 Å². The smallest absolute Gasteiger partial charge is 0.255 e. The van der Waals surface area contributed by atoms with Crippen LogP contribution in [0, 0.1) is 18.3 Å². The summed E-state index contributed by atoms with van der Waals surface area (Å²) in [7, 11) is 1.40. The number of anilines is 1. The van der Waals surface area contributed by atoms with Crippen LogP contribution in [0.1, 0.15) is 78.7 Å². The Hall–Kier alpha value is -7.27. The van der Waals surface area contributed by atoms with Gasteiger partial charge in [-0.1, -0.05) is 18.6 Å². The van der Waals surface area contributed by atoms with Gasteiger partial charge in [0.1, 0.15) is 61.2 Å². The van der Waals surface area contributed by atoms with Crippen molar-refractivity contribution in [1.82, 2.24) is 31.2 Å². The lowest BCUT2D eigenvalue weighted by Gasteiger charge is -2.32. The fourth-order valence-corrected chi connectivity index (χ4v) is 8.58. The molecule has 4 atom stereocenters. The Morgan fingerprint density at radius 2 is 1.55 bits per heavy atom. The van der Waals surface area contributed by atoms with Gasteiger partial charge in [0.25, 0.3) is 5.91 Å². The second-order valence-electron chi connectivity index (χ2n) is 17.1. The van der Waals surface area contributed by atoms with Gasteiger partial charge in [-0.25, -0.2) is 0 Å². The highest BCUT2D eigenvalue weighted by atomic mass is 16.5. The van der Waals surface area contributed by atoms with Crippen LogP contribution in [0.2, 0.25) is 0 Å². The molecule has 4 bridgehead atoms. The Morgan fingerprint density at radius 3 is 2.19 bits per heavy atom. The van der Waals surface area contributed by atoms with Gasteiger partial charge in [0, 0.05) is 48.9 Å². The highest BCUT2D eigenvalue weighted by Crippen LogP contribution is 2.40. The molecule has 366 valence electrons. The summed E-state index contributed by atoms with van der Waals surface area (Å²) in [5.74, 6) is -1.94. The third kappa shape index (κ3) is 12.8. The summed E-state index contributed by atoms with van der Waals surface area (Å²) in [6, 6.07) is 16.1. The molecule has 0 spiro atoms. The fourth-order valence-electron chi connectivity index (χ4n) is 8.58. The van der Waals surface area contributed by atoms with E-state index in [1.165, 1.54) is 25.3 Å². The molecule has 6 rings (SSSR count). The number of likely N-dealkylation sites (N-methyl/N-ethyl adjacent to an activating group) is 1. The van der Waals surface area contributed by atoms with Crippen molar-refractivity contribution in [3.8, 4) is 45.7 Å². The Kier molecular flexibility index (Phi) is 17.9. The van der Waals surface area contributed by atoms with Gasteiger partial charge < -0.3 is 63.3 Å². The summed E-state index contributed by atoms with van der Waals surface area (Å²) in [5, 5.41) is 19.9. The zero-order valence-corrected chi connectivity index (χ0v) is 39.3. The van der Waals surface area contributed by atoms with E-state index >= 15 is 0 Å². The van der Waals surface area contributed by atoms with Crippen molar-refractivity contribution in [2.24, 2.45) is 17.2 Å². The molecule has 1 unspecified atom stereocenters. The molecular weight excluding hydrogens is 883 g/mol. The predicted molar refractivity (Wildman–Crippen MR) is 260 cm³/mol. The molecule has 1 aliphatic heterocycles. The Balaban J connectivity index is 1.34. The summed E-state index contributed by atoms with van der Waals surface area (Å²) >= 11 is 0. The van der Waals surface area contributed by atoms with E-state index < -0.39 is 53.7 Å². The van der Waals surface area contributed by atoms with Crippen LogP contribution < -0.4 is 58.4 Å².